The van der Waals surface area contributed by atoms with Crippen molar-refractivity contribution in [1.29, 1.82) is 0 Å². The zero-order chi connectivity index (χ0) is 19.7. The SMILES string of the molecule is CCOC(=O)c1cc(C)nc2c1c(=O)n(Cc1ccc(Cl)cc1)c(=O)n2C. The van der Waals surface area contributed by atoms with Gasteiger partial charge >= 0.3 is 11.7 Å². The summed E-state index contributed by atoms with van der Waals surface area (Å²) in [5.74, 6) is -0.623. The number of fused-ring (bicyclic) bond motifs is 1. The maximum Gasteiger partial charge on any atom is 0.339 e. The molecule has 0 saturated heterocycles. The lowest BCUT2D eigenvalue weighted by molar-refractivity contribution is 0.0528. The van der Waals surface area contributed by atoms with Crippen molar-refractivity contribution in [3.8, 4) is 0 Å². The molecule has 0 bridgehead atoms. The summed E-state index contributed by atoms with van der Waals surface area (Å²) in [4.78, 5) is 42.5. The number of hydrogen-bond acceptors (Lipinski definition) is 5. The quantitative estimate of drug-likeness (QED) is 0.641. The van der Waals surface area contributed by atoms with E-state index in [9.17, 15) is 14.4 Å². The van der Waals surface area contributed by atoms with Crippen LogP contribution in [-0.4, -0.2) is 26.7 Å². The minimum absolute atomic E-state index is 0.0504. The average Bonchev–Trinajstić information content (AvgIpc) is 2.64. The summed E-state index contributed by atoms with van der Waals surface area (Å²) in [7, 11) is 1.52. The minimum atomic E-state index is -0.623. The Hall–Kier alpha value is -2.93. The summed E-state index contributed by atoms with van der Waals surface area (Å²) in [6, 6.07) is 8.33. The lowest BCUT2D eigenvalue weighted by Gasteiger charge is -2.13. The summed E-state index contributed by atoms with van der Waals surface area (Å²) < 4.78 is 7.41. The van der Waals surface area contributed by atoms with Crippen molar-refractivity contribution in [3.63, 3.8) is 0 Å². The lowest BCUT2D eigenvalue weighted by Crippen LogP contribution is -2.40. The van der Waals surface area contributed by atoms with E-state index < -0.39 is 17.2 Å². The third-order valence-corrected chi connectivity index (χ3v) is 4.42. The van der Waals surface area contributed by atoms with Crippen LogP contribution in [0.4, 0.5) is 0 Å². The third-order valence-electron chi connectivity index (χ3n) is 4.17. The average molecular weight is 388 g/mol. The van der Waals surface area contributed by atoms with Gasteiger partial charge in [-0.2, -0.15) is 0 Å². The van der Waals surface area contributed by atoms with Crippen molar-refractivity contribution in [2.24, 2.45) is 7.05 Å². The van der Waals surface area contributed by atoms with E-state index in [4.69, 9.17) is 16.3 Å². The first kappa shape index (κ1) is 18.8. The second kappa shape index (κ2) is 7.36. The van der Waals surface area contributed by atoms with Crippen LogP contribution in [0.25, 0.3) is 11.0 Å². The van der Waals surface area contributed by atoms with Gasteiger partial charge in [0, 0.05) is 17.8 Å². The number of carbonyl (C=O) groups excluding carboxylic acids is 1. The van der Waals surface area contributed by atoms with Gasteiger partial charge in [-0.3, -0.25) is 13.9 Å². The summed E-state index contributed by atoms with van der Waals surface area (Å²) in [6.45, 7) is 3.59. The van der Waals surface area contributed by atoms with Crippen LogP contribution >= 0.6 is 11.6 Å². The number of hydrogen-bond donors (Lipinski definition) is 0. The molecule has 0 unspecified atom stereocenters. The summed E-state index contributed by atoms with van der Waals surface area (Å²) in [5, 5.41) is 0.622. The fourth-order valence-electron chi connectivity index (χ4n) is 2.89. The standard InChI is InChI=1S/C19H18ClN3O4/c1-4-27-18(25)14-9-11(2)21-16-15(14)17(24)23(19(26)22(16)3)10-12-5-7-13(20)8-6-12/h5-9H,4,10H2,1-3H3. The highest BCUT2D eigenvalue weighted by atomic mass is 35.5. The number of pyridine rings is 1. The van der Waals surface area contributed by atoms with E-state index in [0.717, 1.165) is 10.1 Å². The largest absolute Gasteiger partial charge is 0.462 e. The highest BCUT2D eigenvalue weighted by Gasteiger charge is 2.21. The molecule has 140 valence electrons. The van der Waals surface area contributed by atoms with Gasteiger partial charge in [-0.05, 0) is 37.6 Å². The molecule has 8 heteroatoms. The van der Waals surface area contributed by atoms with Crippen LogP contribution in [0.3, 0.4) is 0 Å². The van der Waals surface area contributed by atoms with E-state index in [2.05, 4.69) is 4.98 Å². The molecular formula is C19H18ClN3O4. The first-order valence-corrected chi connectivity index (χ1v) is 8.74. The van der Waals surface area contributed by atoms with E-state index in [-0.39, 0.29) is 29.7 Å². The van der Waals surface area contributed by atoms with E-state index in [1.807, 2.05) is 0 Å². The van der Waals surface area contributed by atoms with Gasteiger partial charge < -0.3 is 4.74 Å². The van der Waals surface area contributed by atoms with E-state index >= 15 is 0 Å². The molecule has 0 N–H and O–H groups in total. The number of ether oxygens (including phenoxy) is 1. The highest BCUT2D eigenvalue weighted by Crippen LogP contribution is 2.15. The first-order chi connectivity index (χ1) is 12.8. The molecular weight excluding hydrogens is 370 g/mol. The molecule has 0 aliphatic carbocycles. The number of aryl methyl sites for hydroxylation is 2. The maximum absolute atomic E-state index is 13.1. The fraction of sp³-hybridized carbons (Fsp3) is 0.263. The Labute approximate surface area is 159 Å². The smallest absolute Gasteiger partial charge is 0.339 e. The molecule has 0 saturated carbocycles. The molecule has 0 radical (unpaired) electrons. The zero-order valence-electron chi connectivity index (χ0n) is 15.2. The predicted molar refractivity (Wildman–Crippen MR) is 102 cm³/mol. The molecule has 7 nitrogen and oxygen atoms in total. The van der Waals surface area contributed by atoms with Crippen molar-refractivity contribution in [2.75, 3.05) is 6.61 Å². The second-order valence-corrected chi connectivity index (χ2v) is 6.53. The van der Waals surface area contributed by atoms with Crippen LogP contribution < -0.4 is 11.2 Å². The Morgan fingerprint density at radius 2 is 1.89 bits per heavy atom. The topological polar surface area (TPSA) is 83.2 Å². The number of rotatable bonds is 4. The number of aromatic nitrogens is 3. The monoisotopic (exact) mass is 387 g/mol. The molecule has 0 fully saturated rings. The molecule has 2 aromatic heterocycles. The van der Waals surface area contributed by atoms with Crippen LogP contribution in [0.1, 0.15) is 28.5 Å². The van der Waals surface area contributed by atoms with Crippen molar-refractivity contribution in [3.05, 3.63) is 73.0 Å². The Bertz CT molecular complexity index is 1150. The number of esters is 1. The van der Waals surface area contributed by atoms with Gasteiger partial charge in [-0.15, -0.1) is 0 Å². The van der Waals surface area contributed by atoms with E-state index in [0.29, 0.717) is 10.7 Å². The van der Waals surface area contributed by atoms with Gasteiger partial charge in [0.2, 0.25) is 0 Å². The van der Waals surface area contributed by atoms with Crippen molar-refractivity contribution in [2.45, 2.75) is 20.4 Å². The number of benzene rings is 1. The van der Waals surface area contributed by atoms with Gasteiger partial charge in [-0.25, -0.2) is 14.6 Å². The Morgan fingerprint density at radius 1 is 1.22 bits per heavy atom. The molecule has 3 aromatic rings. The second-order valence-electron chi connectivity index (χ2n) is 6.09. The van der Waals surface area contributed by atoms with Gasteiger partial charge in [0.25, 0.3) is 5.56 Å². The normalized spacial score (nSPS) is 11.0. The van der Waals surface area contributed by atoms with Crippen LogP contribution in [-0.2, 0) is 18.3 Å². The zero-order valence-corrected chi connectivity index (χ0v) is 15.9. The summed E-state index contributed by atoms with van der Waals surface area (Å²) in [6.07, 6.45) is 0. The molecule has 1 aromatic carbocycles. The molecule has 27 heavy (non-hydrogen) atoms. The third kappa shape index (κ3) is 3.50. The number of halogens is 1. The maximum atomic E-state index is 13.1. The molecule has 3 rings (SSSR count). The van der Waals surface area contributed by atoms with Crippen molar-refractivity contribution in [1.82, 2.24) is 14.1 Å². The molecule has 0 aliphatic heterocycles. The molecule has 0 spiro atoms. The minimum Gasteiger partial charge on any atom is -0.462 e. The molecule has 2 heterocycles. The van der Waals surface area contributed by atoms with E-state index in [1.54, 1.807) is 38.1 Å². The van der Waals surface area contributed by atoms with Crippen LogP contribution in [0.2, 0.25) is 5.02 Å². The van der Waals surface area contributed by atoms with Crippen LogP contribution in [0.15, 0.2) is 39.9 Å². The van der Waals surface area contributed by atoms with Gasteiger partial charge in [0.05, 0.1) is 24.1 Å². The number of carbonyl (C=O) groups is 1. The van der Waals surface area contributed by atoms with Gasteiger partial charge in [0.1, 0.15) is 5.65 Å². The van der Waals surface area contributed by atoms with Crippen molar-refractivity contribution < 1.29 is 9.53 Å². The van der Waals surface area contributed by atoms with Crippen LogP contribution in [0, 0.1) is 6.92 Å². The van der Waals surface area contributed by atoms with Gasteiger partial charge in [-0.1, -0.05) is 23.7 Å². The fourth-order valence-corrected chi connectivity index (χ4v) is 3.01. The van der Waals surface area contributed by atoms with Crippen molar-refractivity contribution >= 4 is 28.6 Å². The summed E-state index contributed by atoms with van der Waals surface area (Å²) in [5.41, 5.74) is 0.394. The lowest BCUT2D eigenvalue weighted by atomic mass is 10.1. The molecule has 0 atom stereocenters. The molecule has 0 amide bonds. The Balaban J connectivity index is 2.30. The Morgan fingerprint density at radius 3 is 2.52 bits per heavy atom. The summed E-state index contributed by atoms with van der Waals surface area (Å²) >= 11 is 5.89. The van der Waals surface area contributed by atoms with Crippen LogP contribution in [0.5, 0.6) is 0 Å². The predicted octanol–water partition coefficient (Wildman–Crippen LogP) is 2.28. The molecule has 0 aliphatic rings. The first-order valence-electron chi connectivity index (χ1n) is 8.36. The Kier molecular flexibility index (Phi) is 5.14. The van der Waals surface area contributed by atoms with Gasteiger partial charge in [0.15, 0.2) is 0 Å². The highest BCUT2D eigenvalue weighted by molar-refractivity contribution is 6.30. The van der Waals surface area contributed by atoms with E-state index in [1.165, 1.54) is 17.7 Å². The number of nitrogens with zero attached hydrogens (tertiary/aromatic N) is 3.